The quantitative estimate of drug-likeness (QED) is 0.559. The molecule has 1 aromatic heterocycles. The fourth-order valence-corrected chi connectivity index (χ4v) is 2.36. The van der Waals surface area contributed by atoms with Crippen molar-refractivity contribution < 1.29 is 9.13 Å². The predicted molar refractivity (Wildman–Crippen MR) is 94.6 cm³/mol. The number of nitrogen functional groups attached to an aromatic ring is 1. The van der Waals surface area contributed by atoms with Crippen LogP contribution in [0, 0.1) is 12.7 Å². The molecular formula is C18H25FN4O. The highest BCUT2D eigenvalue weighted by atomic mass is 19.1. The Morgan fingerprint density at radius 1 is 1.33 bits per heavy atom. The van der Waals surface area contributed by atoms with Gasteiger partial charge in [-0.1, -0.05) is 32.3 Å². The van der Waals surface area contributed by atoms with Crippen LogP contribution in [0.4, 0.5) is 10.3 Å². The third-order valence-corrected chi connectivity index (χ3v) is 3.66. The van der Waals surface area contributed by atoms with E-state index in [4.69, 9.17) is 10.5 Å². The van der Waals surface area contributed by atoms with Gasteiger partial charge in [-0.05, 0) is 31.0 Å². The van der Waals surface area contributed by atoms with Gasteiger partial charge in [0.1, 0.15) is 5.82 Å². The monoisotopic (exact) mass is 332 g/mol. The molecule has 24 heavy (non-hydrogen) atoms. The molecule has 2 rings (SSSR count). The van der Waals surface area contributed by atoms with E-state index in [1.807, 2.05) is 6.92 Å². The fraction of sp³-hybridized carbons (Fsp3) is 0.444. The van der Waals surface area contributed by atoms with Crippen LogP contribution in [0.25, 0.3) is 0 Å². The van der Waals surface area contributed by atoms with Gasteiger partial charge in [0, 0.05) is 12.2 Å². The van der Waals surface area contributed by atoms with Gasteiger partial charge in [-0.25, -0.2) is 14.1 Å². The molecule has 2 aromatic rings. The Hall–Kier alpha value is -2.21. The van der Waals surface area contributed by atoms with Crippen molar-refractivity contribution in [3.63, 3.8) is 0 Å². The lowest BCUT2D eigenvalue weighted by Gasteiger charge is -2.08. The SMILES string of the molecule is CCCCCCOCc1cc(F)ccc1C=Nn1cc(C)nc1N. The van der Waals surface area contributed by atoms with E-state index in [2.05, 4.69) is 17.0 Å². The van der Waals surface area contributed by atoms with E-state index in [0.717, 1.165) is 29.7 Å². The van der Waals surface area contributed by atoms with Crippen LogP contribution in [0.2, 0.25) is 0 Å². The normalized spacial score (nSPS) is 11.5. The van der Waals surface area contributed by atoms with E-state index in [0.29, 0.717) is 19.2 Å². The van der Waals surface area contributed by atoms with E-state index in [9.17, 15) is 4.39 Å². The Kier molecular flexibility index (Phi) is 6.93. The Balaban J connectivity index is 2.00. The summed E-state index contributed by atoms with van der Waals surface area (Å²) < 4.78 is 20.7. The molecule has 0 spiro atoms. The van der Waals surface area contributed by atoms with Crippen molar-refractivity contribution in [2.24, 2.45) is 5.10 Å². The molecule has 0 aliphatic heterocycles. The van der Waals surface area contributed by atoms with Crippen LogP contribution in [0.1, 0.15) is 49.4 Å². The lowest BCUT2D eigenvalue weighted by Crippen LogP contribution is -2.02. The van der Waals surface area contributed by atoms with Gasteiger partial charge in [-0.2, -0.15) is 5.10 Å². The third kappa shape index (κ3) is 5.45. The molecule has 1 aromatic carbocycles. The molecule has 6 heteroatoms. The first-order valence-corrected chi connectivity index (χ1v) is 8.32. The van der Waals surface area contributed by atoms with Crippen molar-refractivity contribution in [1.82, 2.24) is 9.66 Å². The number of anilines is 1. The van der Waals surface area contributed by atoms with Crippen molar-refractivity contribution in [2.45, 2.75) is 46.1 Å². The maximum Gasteiger partial charge on any atom is 0.221 e. The summed E-state index contributed by atoms with van der Waals surface area (Å²) in [4.78, 5) is 4.09. The molecule has 2 N–H and O–H groups in total. The zero-order valence-electron chi connectivity index (χ0n) is 14.3. The highest BCUT2D eigenvalue weighted by molar-refractivity contribution is 5.81. The number of benzene rings is 1. The molecule has 0 bridgehead atoms. The van der Waals surface area contributed by atoms with Gasteiger partial charge in [-0.3, -0.25) is 0 Å². The second kappa shape index (κ2) is 9.17. The van der Waals surface area contributed by atoms with Crippen LogP contribution in [0.5, 0.6) is 0 Å². The predicted octanol–water partition coefficient (Wildman–Crippen LogP) is 3.89. The Morgan fingerprint density at radius 3 is 2.88 bits per heavy atom. The first-order valence-electron chi connectivity index (χ1n) is 8.32. The third-order valence-electron chi connectivity index (χ3n) is 3.66. The van der Waals surface area contributed by atoms with Crippen molar-refractivity contribution in [1.29, 1.82) is 0 Å². The fourth-order valence-electron chi connectivity index (χ4n) is 2.36. The summed E-state index contributed by atoms with van der Waals surface area (Å²) >= 11 is 0. The molecule has 0 fully saturated rings. The number of halogens is 1. The van der Waals surface area contributed by atoms with Crippen LogP contribution >= 0.6 is 0 Å². The molecule has 0 unspecified atom stereocenters. The van der Waals surface area contributed by atoms with Crippen LogP contribution in [0.15, 0.2) is 29.5 Å². The first kappa shape index (κ1) is 18.1. The molecule has 0 saturated carbocycles. The van der Waals surface area contributed by atoms with Crippen molar-refractivity contribution in [3.8, 4) is 0 Å². The zero-order valence-corrected chi connectivity index (χ0v) is 14.3. The largest absolute Gasteiger partial charge is 0.377 e. The summed E-state index contributed by atoms with van der Waals surface area (Å²) in [6, 6.07) is 4.58. The van der Waals surface area contributed by atoms with E-state index in [1.165, 1.54) is 29.7 Å². The number of unbranched alkanes of at least 4 members (excludes halogenated alkanes) is 3. The van der Waals surface area contributed by atoms with E-state index in [1.54, 1.807) is 18.5 Å². The van der Waals surface area contributed by atoms with Crippen molar-refractivity contribution in [2.75, 3.05) is 12.3 Å². The summed E-state index contributed by atoms with van der Waals surface area (Å²) in [5, 5.41) is 4.28. The van der Waals surface area contributed by atoms with E-state index >= 15 is 0 Å². The highest BCUT2D eigenvalue weighted by Crippen LogP contribution is 2.12. The molecule has 0 aliphatic rings. The summed E-state index contributed by atoms with van der Waals surface area (Å²) in [7, 11) is 0. The summed E-state index contributed by atoms with van der Waals surface area (Å²) in [5.74, 6) is 0.0364. The van der Waals surface area contributed by atoms with Gasteiger partial charge in [-0.15, -0.1) is 0 Å². The molecule has 0 radical (unpaired) electrons. The molecule has 0 amide bonds. The average molecular weight is 332 g/mol. The van der Waals surface area contributed by atoms with Gasteiger partial charge in [0.05, 0.1) is 24.7 Å². The number of ether oxygens (including phenoxy) is 1. The van der Waals surface area contributed by atoms with Gasteiger partial charge in [0.25, 0.3) is 0 Å². The number of nitrogens with two attached hydrogens (primary N) is 1. The maximum absolute atomic E-state index is 13.5. The van der Waals surface area contributed by atoms with Crippen molar-refractivity contribution >= 4 is 12.2 Å². The molecule has 0 aliphatic carbocycles. The standard InChI is InChI=1S/C18H25FN4O/c1-3-4-5-6-9-24-13-16-10-17(19)8-7-15(16)11-21-23-12-14(2)22-18(23)20/h7-8,10-12H,3-6,9,13H2,1-2H3,(H2,20,22). The number of nitrogens with zero attached hydrogens (tertiary/aromatic N) is 3. The molecule has 5 nitrogen and oxygen atoms in total. The number of aryl methyl sites for hydroxylation is 1. The lowest BCUT2D eigenvalue weighted by molar-refractivity contribution is 0.116. The van der Waals surface area contributed by atoms with Gasteiger partial charge in [0.2, 0.25) is 5.95 Å². The summed E-state index contributed by atoms with van der Waals surface area (Å²) in [6.45, 7) is 5.07. The topological polar surface area (TPSA) is 65.4 Å². The van der Waals surface area contributed by atoms with Crippen molar-refractivity contribution in [3.05, 3.63) is 47.0 Å². The highest BCUT2D eigenvalue weighted by Gasteiger charge is 2.04. The summed E-state index contributed by atoms with van der Waals surface area (Å²) in [6.07, 6.45) is 7.98. The number of hydrogen-bond donors (Lipinski definition) is 1. The van der Waals surface area contributed by atoms with Crippen LogP contribution in [-0.2, 0) is 11.3 Å². The van der Waals surface area contributed by atoms with Crippen LogP contribution < -0.4 is 5.73 Å². The number of aromatic nitrogens is 2. The summed E-state index contributed by atoms with van der Waals surface area (Å²) in [5.41, 5.74) is 8.12. The first-order chi connectivity index (χ1) is 11.6. The molecule has 0 saturated heterocycles. The second-order valence-electron chi connectivity index (χ2n) is 5.79. The van der Waals surface area contributed by atoms with Gasteiger partial charge >= 0.3 is 0 Å². The van der Waals surface area contributed by atoms with E-state index in [-0.39, 0.29) is 5.82 Å². The van der Waals surface area contributed by atoms with Gasteiger partial charge < -0.3 is 10.5 Å². The minimum Gasteiger partial charge on any atom is -0.377 e. The second-order valence-corrected chi connectivity index (χ2v) is 5.79. The minimum absolute atomic E-state index is 0.283. The number of imidazole rings is 1. The van der Waals surface area contributed by atoms with Gasteiger partial charge in [0.15, 0.2) is 0 Å². The average Bonchev–Trinajstić information content (AvgIpc) is 2.87. The molecule has 130 valence electrons. The molecule has 1 heterocycles. The Morgan fingerprint density at radius 2 is 2.17 bits per heavy atom. The number of hydrogen-bond acceptors (Lipinski definition) is 4. The minimum atomic E-state index is -0.283. The zero-order chi connectivity index (χ0) is 17.4. The number of rotatable bonds is 9. The Bertz CT molecular complexity index is 682. The van der Waals surface area contributed by atoms with Crippen LogP contribution in [-0.4, -0.2) is 22.5 Å². The maximum atomic E-state index is 13.5. The van der Waals surface area contributed by atoms with Crippen LogP contribution in [0.3, 0.4) is 0 Å². The smallest absolute Gasteiger partial charge is 0.221 e. The van der Waals surface area contributed by atoms with E-state index < -0.39 is 0 Å². The Labute approximate surface area is 142 Å². The molecular weight excluding hydrogens is 307 g/mol. The molecule has 0 atom stereocenters. The lowest BCUT2D eigenvalue weighted by atomic mass is 10.1.